The van der Waals surface area contributed by atoms with Crippen molar-refractivity contribution >= 4 is 17.8 Å². The number of carboxylic acids is 1. The summed E-state index contributed by atoms with van der Waals surface area (Å²) in [5.74, 6) is 1.15. The Morgan fingerprint density at radius 1 is 1.27 bits per heavy atom. The molecule has 1 saturated carbocycles. The second-order valence-electron chi connectivity index (χ2n) is 8.52. The fourth-order valence-electron chi connectivity index (χ4n) is 4.90. The Kier molecular flexibility index (Phi) is 5.60. The van der Waals surface area contributed by atoms with Crippen LogP contribution in [-0.4, -0.2) is 44.8 Å². The van der Waals surface area contributed by atoms with E-state index in [1.54, 1.807) is 4.68 Å². The number of benzene rings is 1. The molecular weight excluding hydrogens is 382 g/mol. The minimum atomic E-state index is -0.833. The molecule has 30 heavy (non-hydrogen) atoms. The lowest BCUT2D eigenvalue weighted by atomic mass is 9.95. The van der Waals surface area contributed by atoms with Crippen LogP contribution in [0.5, 0.6) is 0 Å². The van der Waals surface area contributed by atoms with E-state index in [2.05, 4.69) is 45.0 Å². The number of amides is 1. The lowest BCUT2D eigenvalue weighted by Crippen LogP contribution is -2.27. The van der Waals surface area contributed by atoms with Crippen molar-refractivity contribution in [3.05, 3.63) is 41.2 Å². The van der Waals surface area contributed by atoms with Gasteiger partial charge in [0.2, 0.25) is 11.9 Å². The third-order valence-corrected chi connectivity index (χ3v) is 6.50. The first-order valence-corrected chi connectivity index (χ1v) is 10.6. The van der Waals surface area contributed by atoms with Gasteiger partial charge in [-0.15, -0.1) is 0 Å². The van der Waals surface area contributed by atoms with Gasteiger partial charge >= 0.3 is 0 Å². The average Bonchev–Trinajstić information content (AvgIpc) is 3.19. The molecule has 3 aliphatic rings. The summed E-state index contributed by atoms with van der Waals surface area (Å²) in [6, 6.07) is 8.59. The van der Waals surface area contributed by atoms with Crippen LogP contribution in [0, 0.1) is 5.92 Å². The van der Waals surface area contributed by atoms with Crippen LogP contribution in [0.1, 0.15) is 55.5 Å². The standard InChI is InChI=1S/C20H25N5O.C2H4O2/c1-25-19(22-17(24-25)14-7-10-21-11-8-14)23-18(26)16-12-20(16)9-6-13-4-2-3-5-15(13)20;1-2(3)4/h2-5,14,16,21H,6-12H2,1H3,(H,22,23,24,26);1H3,(H,3,4). The third-order valence-electron chi connectivity index (χ3n) is 6.50. The molecule has 0 radical (unpaired) electrons. The number of fused-ring (bicyclic) bond motifs is 2. The van der Waals surface area contributed by atoms with E-state index >= 15 is 0 Å². The van der Waals surface area contributed by atoms with E-state index in [0.29, 0.717) is 11.9 Å². The average molecular weight is 412 g/mol. The zero-order chi connectivity index (χ0) is 21.3. The summed E-state index contributed by atoms with van der Waals surface area (Å²) in [6.07, 6.45) is 5.24. The largest absolute Gasteiger partial charge is 0.481 e. The molecule has 1 aromatic heterocycles. The Morgan fingerprint density at radius 2 is 1.97 bits per heavy atom. The molecular formula is C22H29N5O3. The topological polar surface area (TPSA) is 109 Å². The Balaban J connectivity index is 0.000000503. The fraction of sp³-hybridized carbons (Fsp3) is 0.545. The van der Waals surface area contributed by atoms with E-state index in [4.69, 9.17) is 9.90 Å². The maximum Gasteiger partial charge on any atom is 0.300 e. The molecule has 2 aromatic rings. The number of aryl methyl sites for hydroxylation is 2. The van der Waals surface area contributed by atoms with Gasteiger partial charge in [0, 0.05) is 31.2 Å². The van der Waals surface area contributed by atoms with Gasteiger partial charge in [-0.05, 0) is 56.3 Å². The first-order chi connectivity index (χ1) is 14.4. The van der Waals surface area contributed by atoms with Crippen molar-refractivity contribution in [1.29, 1.82) is 0 Å². The summed E-state index contributed by atoms with van der Waals surface area (Å²) in [7, 11) is 1.86. The number of carbonyl (C=O) groups is 2. The van der Waals surface area contributed by atoms with E-state index in [0.717, 1.165) is 57.9 Å². The number of anilines is 1. The second-order valence-corrected chi connectivity index (χ2v) is 8.52. The molecule has 8 nitrogen and oxygen atoms in total. The van der Waals surface area contributed by atoms with Crippen molar-refractivity contribution in [1.82, 2.24) is 20.1 Å². The summed E-state index contributed by atoms with van der Waals surface area (Å²) >= 11 is 0. The molecule has 2 aliphatic carbocycles. The number of aliphatic carboxylic acids is 1. The Morgan fingerprint density at radius 3 is 2.70 bits per heavy atom. The lowest BCUT2D eigenvalue weighted by Gasteiger charge is -2.19. The van der Waals surface area contributed by atoms with Crippen LogP contribution in [0.25, 0.3) is 0 Å². The Labute approximate surface area is 176 Å². The molecule has 1 amide bonds. The molecule has 1 saturated heterocycles. The van der Waals surface area contributed by atoms with Gasteiger partial charge in [-0.1, -0.05) is 24.3 Å². The van der Waals surface area contributed by atoms with Crippen molar-refractivity contribution in [2.24, 2.45) is 13.0 Å². The molecule has 1 aliphatic heterocycles. The molecule has 1 spiro atoms. The summed E-state index contributed by atoms with van der Waals surface area (Å²) in [5.41, 5.74) is 2.86. The van der Waals surface area contributed by atoms with Crippen molar-refractivity contribution < 1.29 is 14.7 Å². The predicted octanol–water partition coefficient (Wildman–Crippen LogP) is 2.22. The van der Waals surface area contributed by atoms with Crippen molar-refractivity contribution in [2.45, 2.75) is 50.4 Å². The maximum atomic E-state index is 12.9. The quantitative estimate of drug-likeness (QED) is 0.715. The number of rotatable bonds is 3. The van der Waals surface area contributed by atoms with Crippen LogP contribution in [0.15, 0.2) is 24.3 Å². The molecule has 2 fully saturated rings. The van der Waals surface area contributed by atoms with Gasteiger partial charge < -0.3 is 10.4 Å². The lowest BCUT2D eigenvalue weighted by molar-refractivity contribution is -0.134. The smallest absolute Gasteiger partial charge is 0.300 e. The number of aromatic nitrogens is 3. The molecule has 1 aromatic carbocycles. The maximum absolute atomic E-state index is 12.9. The van der Waals surface area contributed by atoms with E-state index < -0.39 is 5.97 Å². The molecule has 2 heterocycles. The van der Waals surface area contributed by atoms with Crippen LogP contribution in [0.4, 0.5) is 5.95 Å². The first kappa shape index (κ1) is 20.5. The zero-order valence-corrected chi connectivity index (χ0v) is 17.5. The van der Waals surface area contributed by atoms with Crippen LogP contribution < -0.4 is 10.6 Å². The Bertz CT molecular complexity index is 946. The number of nitrogens with one attached hydrogen (secondary N) is 2. The van der Waals surface area contributed by atoms with Gasteiger partial charge in [0.15, 0.2) is 5.82 Å². The van der Waals surface area contributed by atoms with Crippen molar-refractivity contribution in [3.63, 3.8) is 0 Å². The molecule has 160 valence electrons. The van der Waals surface area contributed by atoms with Gasteiger partial charge in [0.1, 0.15) is 0 Å². The SMILES string of the molecule is CC(=O)O.Cn1nc(C2CCNCC2)nc1NC(=O)C1CC12CCc1ccccc12. The second kappa shape index (κ2) is 8.18. The normalized spacial score (nSPS) is 24.7. The summed E-state index contributed by atoms with van der Waals surface area (Å²) in [4.78, 5) is 26.5. The van der Waals surface area contributed by atoms with E-state index in [-0.39, 0.29) is 17.2 Å². The monoisotopic (exact) mass is 411 g/mol. The highest BCUT2D eigenvalue weighted by Crippen LogP contribution is 2.61. The molecule has 8 heteroatoms. The van der Waals surface area contributed by atoms with Gasteiger partial charge in [0.25, 0.3) is 5.97 Å². The van der Waals surface area contributed by atoms with Gasteiger partial charge in [-0.2, -0.15) is 10.1 Å². The number of carboxylic acid groups (broad SMARTS) is 1. The zero-order valence-electron chi connectivity index (χ0n) is 17.5. The highest BCUT2D eigenvalue weighted by Gasteiger charge is 2.61. The molecule has 2 unspecified atom stereocenters. The molecule has 5 rings (SSSR count). The van der Waals surface area contributed by atoms with Crippen LogP contribution in [0.3, 0.4) is 0 Å². The minimum absolute atomic E-state index is 0.0604. The third kappa shape index (κ3) is 3.96. The highest BCUT2D eigenvalue weighted by molar-refractivity contribution is 5.95. The number of nitrogens with zero attached hydrogens (tertiary/aromatic N) is 3. The van der Waals surface area contributed by atoms with Crippen molar-refractivity contribution in [3.8, 4) is 0 Å². The summed E-state index contributed by atoms with van der Waals surface area (Å²) in [5, 5.41) is 18.4. The first-order valence-electron chi connectivity index (χ1n) is 10.6. The minimum Gasteiger partial charge on any atom is -0.481 e. The van der Waals surface area contributed by atoms with Gasteiger partial charge in [-0.25, -0.2) is 4.68 Å². The number of carbonyl (C=O) groups excluding carboxylic acids is 1. The van der Waals surface area contributed by atoms with E-state index in [1.165, 1.54) is 11.1 Å². The number of hydrogen-bond acceptors (Lipinski definition) is 5. The van der Waals surface area contributed by atoms with Crippen LogP contribution in [-0.2, 0) is 28.5 Å². The van der Waals surface area contributed by atoms with E-state index in [9.17, 15) is 4.79 Å². The highest BCUT2D eigenvalue weighted by atomic mass is 16.4. The fourth-order valence-corrected chi connectivity index (χ4v) is 4.90. The van der Waals surface area contributed by atoms with Crippen LogP contribution in [0.2, 0.25) is 0 Å². The van der Waals surface area contributed by atoms with Gasteiger partial charge in [-0.3, -0.25) is 14.9 Å². The van der Waals surface area contributed by atoms with E-state index in [1.807, 2.05) is 7.05 Å². The molecule has 0 bridgehead atoms. The summed E-state index contributed by atoms with van der Waals surface area (Å²) < 4.78 is 1.72. The van der Waals surface area contributed by atoms with Crippen LogP contribution >= 0.6 is 0 Å². The molecule has 2 atom stereocenters. The predicted molar refractivity (Wildman–Crippen MR) is 112 cm³/mol. The van der Waals surface area contributed by atoms with Gasteiger partial charge in [0.05, 0.1) is 0 Å². The molecule has 3 N–H and O–H groups in total. The number of piperidine rings is 1. The summed E-state index contributed by atoms with van der Waals surface area (Å²) in [6.45, 7) is 3.10. The van der Waals surface area contributed by atoms with Crippen molar-refractivity contribution in [2.75, 3.05) is 18.4 Å². The Hall–Kier alpha value is -2.74. The number of hydrogen-bond donors (Lipinski definition) is 3.